The minimum absolute atomic E-state index is 0.326. The lowest BCUT2D eigenvalue weighted by molar-refractivity contribution is -0.144. The minimum atomic E-state index is -4.45. The molecular weight excluding hydrogens is 229 g/mol. The molecule has 0 spiro atoms. The first kappa shape index (κ1) is 10.6. The summed E-state index contributed by atoms with van der Waals surface area (Å²) >= 11 is 0.777. The molecular formula is C7H9F3N4S. The highest BCUT2D eigenvalue weighted by Gasteiger charge is 2.37. The summed E-state index contributed by atoms with van der Waals surface area (Å²) in [6.07, 6.45) is -4.45. The fourth-order valence-electron chi connectivity index (χ4n) is 1.33. The van der Waals surface area contributed by atoms with E-state index in [0.29, 0.717) is 30.7 Å². The molecule has 0 atom stereocenters. The first-order valence-electron chi connectivity index (χ1n) is 4.36. The molecule has 1 saturated heterocycles. The average molecular weight is 238 g/mol. The topological polar surface area (TPSA) is 55.0 Å². The highest BCUT2D eigenvalue weighted by atomic mass is 32.1. The Hall–Kier alpha value is -0.890. The van der Waals surface area contributed by atoms with Gasteiger partial charge in [0.15, 0.2) is 0 Å². The van der Waals surface area contributed by atoms with Gasteiger partial charge in [-0.25, -0.2) is 0 Å². The van der Waals surface area contributed by atoms with Crippen molar-refractivity contribution in [2.75, 3.05) is 24.5 Å². The molecule has 1 aromatic rings. The SMILES string of the molecule is NCC1CN(c2nc(C(F)(F)F)ns2)C1. The van der Waals surface area contributed by atoms with E-state index < -0.39 is 12.0 Å². The smallest absolute Gasteiger partial charge is 0.346 e. The molecule has 1 aromatic heterocycles. The van der Waals surface area contributed by atoms with Crippen LogP contribution in [0.25, 0.3) is 0 Å². The number of alkyl halides is 3. The van der Waals surface area contributed by atoms with Gasteiger partial charge in [-0.2, -0.15) is 22.5 Å². The summed E-state index contributed by atoms with van der Waals surface area (Å²) in [5, 5.41) is 0.326. The summed E-state index contributed by atoms with van der Waals surface area (Å²) in [4.78, 5) is 5.19. The van der Waals surface area contributed by atoms with Crippen LogP contribution in [0.1, 0.15) is 5.82 Å². The van der Waals surface area contributed by atoms with E-state index in [0.717, 1.165) is 11.5 Å². The van der Waals surface area contributed by atoms with Gasteiger partial charge < -0.3 is 10.6 Å². The standard InChI is InChI=1S/C7H9F3N4S/c8-7(9,10)5-12-6(15-13-5)14-2-4(1-11)3-14/h4H,1-3,11H2. The number of halogens is 3. The number of nitrogens with zero attached hydrogens (tertiary/aromatic N) is 3. The van der Waals surface area contributed by atoms with Gasteiger partial charge in [0.1, 0.15) is 0 Å². The van der Waals surface area contributed by atoms with Crippen molar-refractivity contribution in [3.05, 3.63) is 5.82 Å². The molecule has 0 bridgehead atoms. The predicted octanol–water partition coefficient (Wildman–Crippen LogP) is 0.952. The molecule has 0 aliphatic carbocycles. The molecule has 2 heterocycles. The van der Waals surface area contributed by atoms with Gasteiger partial charge in [-0.15, -0.1) is 0 Å². The second-order valence-corrected chi connectivity index (χ2v) is 4.14. The maximum atomic E-state index is 12.2. The molecule has 4 nitrogen and oxygen atoms in total. The molecule has 1 fully saturated rings. The average Bonchev–Trinajstić information content (AvgIpc) is 2.50. The molecule has 1 aliphatic rings. The molecule has 84 valence electrons. The Morgan fingerprint density at radius 1 is 1.47 bits per heavy atom. The Kier molecular flexibility index (Phi) is 2.55. The van der Waals surface area contributed by atoms with Crippen LogP contribution in [0.5, 0.6) is 0 Å². The van der Waals surface area contributed by atoms with Crippen molar-refractivity contribution < 1.29 is 13.2 Å². The Morgan fingerprint density at radius 3 is 2.60 bits per heavy atom. The summed E-state index contributed by atoms with van der Waals surface area (Å²) < 4.78 is 39.8. The maximum absolute atomic E-state index is 12.2. The van der Waals surface area contributed by atoms with Gasteiger partial charge in [-0.05, 0) is 6.54 Å². The van der Waals surface area contributed by atoms with Gasteiger partial charge >= 0.3 is 6.18 Å². The van der Waals surface area contributed by atoms with Crippen molar-refractivity contribution in [2.24, 2.45) is 11.7 Å². The van der Waals surface area contributed by atoms with Gasteiger partial charge in [-0.3, -0.25) is 0 Å². The van der Waals surface area contributed by atoms with E-state index in [4.69, 9.17) is 5.73 Å². The lowest BCUT2D eigenvalue weighted by atomic mass is 10.0. The van der Waals surface area contributed by atoms with E-state index in [-0.39, 0.29) is 0 Å². The summed E-state index contributed by atoms with van der Waals surface area (Å²) in [6, 6.07) is 0. The summed E-state index contributed by atoms with van der Waals surface area (Å²) in [5.41, 5.74) is 5.41. The van der Waals surface area contributed by atoms with E-state index >= 15 is 0 Å². The monoisotopic (exact) mass is 238 g/mol. The third-order valence-corrected chi connectivity index (χ3v) is 3.01. The van der Waals surface area contributed by atoms with Crippen molar-refractivity contribution in [3.8, 4) is 0 Å². The third kappa shape index (κ3) is 2.05. The first-order chi connectivity index (χ1) is 7.00. The summed E-state index contributed by atoms with van der Waals surface area (Å²) in [6.45, 7) is 1.90. The molecule has 2 N–H and O–H groups in total. The van der Waals surface area contributed by atoms with Crippen LogP contribution in [0.3, 0.4) is 0 Å². The number of anilines is 1. The Balaban J connectivity index is 2.03. The van der Waals surface area contributed by atoms with Gasteiger partial charge in [0.2, 0.25) is 11.0 Å². The zero-order valence-electron chi connectivity index (χ0n) is 7.66. The molecule has 0 aromatic carbocycles. The molecule has 0 unspecified atom stereocenters. The van der Waals surface area contributed by atoms with Gasteiger partial charge in [0.25, 0.3) is 0 Å². The number of aromatic nitrogens is 2. The molecule has 0 radical (unpaired) electrons. The van der Waals surface area contributed by atoms with Crippen molar-refractivity contribution in [1.29, 1.82) is 0 Å². The van der Waals surface area contributed by atoms with Crippen molar-refractivity contribution in [3.63, 3.8) is 0 Å². The van der Waals surface area contributed by atoms with Crippen LogP contribution >= 0.6 is 11.5 Å². The second kappa shape index (κ2) is 3.60. The van der Waals surface area contributed by atoms with E-state index in [2.05, 4.69) is 9.36 Å². The number of hydrogen-bond acceptors (Lipinski definition) is 5. The van der Waals surface area contributed by atoms with Crippen LogP contribution in [-0.4, -0.2) is 29.0 Å². The van der Waals surface area contributed by atoms with E-state index in [1.54, 1.807) is 4.90 Å². The number of rotatable bonds is 2. The van der Waals surface area contributed by atoms with Crippen LogP contribution < -0.4 is 10.6 Å². The second-order valence-electron chi connectivity index (χ2n) is 3.41. The molecule has 1 aliphatic heterocycles. The fourth-order valence-corrected chi connectivity index (χ4v) is 2.04. The summed E-state index contributed by atoms with van der Waals surface area (Å²) in [5.74, 6) is -0.693. The molecule has 0 amide bonds. The third-order valence-electron chi connectivity index (χ3n) is 2.23. The van der Waals surface area contributed by atoms with Gasteiger partial charge in [0.05, 0.1) is 0 Å². The van der Waals surface area contributed by atoms with Crippen molar-refractivity contribution >= 4 is 16.7 Å². The predicted molar refractivity (Wildman–Crippen MR) is 49.7 cm³/mol. The van der Waals surface area contributed by atoms with E-state index in [1.165, 1.54) is 0 Å². The van der Waals surface area contributed by atoms with Gasteiger partial charge in [0, 0.05) is 30.5 Å². The molecule has 0 saturated carbocycles. The largest absolute Gasteiger partial charge is 0.452 e. The van der Waals surface area contributed by atoms with Crippen LogP contribution in [0.15, 0.2) is 0 Å². The Labute approximate surface area is 88.1 Å². The van der Waals surface area contributed by atoms with Crippen molar-refractivity contribution in [1.82, 2.24) is 9.36 Å². The highest BCUT2D eigenvalue weighted by Crippen LogP contribution is 2.32. The fraction of sp³-hybridized carbons (Fsp3) is 0.714. The van der Waals surface area contributed by atoms with Crippen molar-refractivity contribution in [2.45, 2.75) is 6.18 Å². The van der Waals surface area contributed by atoms with E-state index in [1.807, 2.05) is 0 Å². The lowest BCUT2D eigenvalue weighted by Gasteiger charge is -2.38. The first-order valence-corrected chi connectivity index (χ1v) is 5.14. The van der Waals surface area contributed by atoms with Crippen LogP contribution in [0.2, 0.25) is 0 Å². The Bertz CT molecular complexity index is 344. The normalized spacial score (nSPS) is 18.0. The molecule has 2 rings (SSSR count). The summed E-state index contributed by atoms with van der Waals surface area (Å²) in [7, 11) is 0. The highest BCUT2D eigenvalue weighted by molar-refractivity contribution is 7.09. The number of hydrogen-bond donors (Lipinski definition) is 1. The van der Waals surface area contributed by atoms with Crippen LogP contribution in [-0.2, 0) is 6.18 Å². The van der Waals surface area contributed by atoms with Gasteiger partial charge in [-0.1, -0.05) is 0 Å². The van der Waals surface area contributed by atoms with Crippen LogP contribution in [0, 0.1) is 5.92 Å². The maximum Gasteiger partial charge on any atom is 0.452 e. The minimum Gasteiger partial charge on any atom is -0.346 e. The van der Waals surface area contributed by atoms with Crippen LogP contribution in [0.4, 0.5) is 18.3 Å². The van der Waals surface area contributed by atoms with E-state index in [9.17, 15) is 13.2 Å². The lowest BCUT2D eigenvalue weighted by Crippen LogP contribution is -2.49. The molecule has 8 heteroatoms. The quantitative estimate of drug-likeness (QED) is 0.833. The zero-order chi connectivity index (χ0) is 11.1. The Morgan fingerprint density at radius 2 is 2.13 bits per heavy atom. The zero-order valence-corrected chi connectivity index (χ0v) is 8.48. The molecule has 15 heavy (non-hydrogen) atoms. The number of nitrogens with two attached hydrogens (primary N) is 1.